The van der Waals surface area contributed by atoms with Gasteiger partial charge in [0.15, 0.2) is 0 Å². The molecule has 0 fully saturated rings. The Labute approximate surface area is 105 Å². The Hall–Kier alpha value is -1.98. The Balaban J connectivity index is 2.46. The maximum atomic E-state index is 5.62. The van der Waals surface area contributed by atoms with E-state index in [0.717, 1.165) is 22.6 Å². The quantitative estimate of drug-likeness (QED) is 0.624. The predicted octanol–water partition coefficient (Wildman–Crippen LogP) is 1.85. The van der Waals surface area contributed by atoms with E-state index in [9.17, 15) is 0 Å². The molecule has 1 atom stereocenters. The van der Waals surface area contributed by atoms with Gasteiger partial charge in [-0.25, -0.2) is 5.43 Å². The Kier molecular flexibility index (Phi) is 3.86. The molecule has 5 nitrogen and oxygen atoms in total. The summed E-state index contributed by atoms with van der Waals surface area (Å²) in [5.74, 6) is 7.10. The molecule has 96 valence electrons. The molecule has 2 rings (SSSR count). The van der Waals surface area contributed by atoms with Crippen LogP contribution in [0, 0.1) is 0 Å². The lowest BCUT2D eigenvalue weighted by Crippen LogP contribution is -2.28. The van der Waals surface area contributed by atoms with Crippen molar-refractivity contribution in [3.8, 4) is 11.5 Å². The van der Waals surface area contributed by atoms with Crippen LogP contribution in [0.3, 0.4) is 0 Å². The van der Waals surface area contributed by atoms with Gasteiger partial charge in [0.25, 0.3) is 0 Å². The molecule has 18 heavy (non-hydrogen) atoms. The number of hydrazine groups is 1. The van der Waals surface area contributed by atoms with Crippen LogP contribution in [0.2, 0.25) is 0 Å². The largest absolute Gasteiger partial charge is 0.497 e. The zero-order valence-corrected chi connectivity index (χ0v) is 10.3. The maximum absolute atomic E-state index is 5.62. The minimum Gasteiger partial charge on any atom is -0.497 e. The van der Waals surface area contributed by atoms with E-state index in [1.165, 1.54) is 0 Å². The van der Waals surface area contributed by atoms with Crippen LogP contribution in [0.5, 0.6) is 11.5 Å². The van der Waals surface area contributed by atoms with Gasteiger partial charge in [0.1, 0.15) is 11.5 Å². The van der Waals surface area contributed by atoms with Gasteiger partial charge >= 0.3 is 0 Å². The fraction of sp³-hybridized carbons (Fsp3) is 0.231. The van der Waals surface area contributed by atoms with Crippen LogP contribution in [0.4, 0.5) is 0 Å². The van der Waals surface area contributed by atoms with Gasteiger partial charge in [-0.2, -0.15) is 0 Å². The highest BCUT2D eigenvalue weighted by atomic mass is 16.5. The zero-order chi connectivity index (χ0) is 13.0. The molecule has 0 aliphatic rings. The molecule has 1 unspecified atom stereocenters. The van der Waals surface area contributed by atoms with E-state index in [4.69, 9.17) is 19.7 Å². The molecule has 0 aliphatic carbocycles. The highest BCUT2D eigenvalue weighted by molar-refractivity contribution is 5.45. The molecular formula is C13H16N2O3. The summed E-state index contributed by atoms with van der Waals surface area (Å²) < 4.78 is 15.6. The van der Waals surface area contributed by atoms with Crippen molar-refractivity contribution in [2.45, 2.75) is 6.04 Å². The average molecular weight is 248 g/mol. The summed E-state index contributed by atoms with van der Waals surface area (Å²) in [6, 6.07) is 7.21. The van der Waals surface area contributed by atoms with E-state index in [2.05, 4.69) is 5.43 Å². The summed E-state index contributed by atoms with van der Waals surface area (Å²) in [5.41, 5.74) is 4.56. The number of ether oxygens (including phenoxy) is 2. The van der Waals surface area contributed by atoms with Gasteiger partial charge < -0.3 is 13.9 Å². The Morgan fingerprint density at radius 2 is 2.06 bits per heavy atom. The summed E-state index contributed by atoms with van der Waals surface area (Å²) in [6.45, 7) is 0. The third-order valence-electron chi connectivity index (χ3n) is 2.79. The molecule has 0 radical (unpaired) electrons. The lowest BCUT2D eigenvalue weighted by Gasteiger charge is -2.18. The van der Waals surface area contributed by atoms with E-state index >= 15 is 0 Å². The monoisotopic (exact) mass is 248 g/mol. The van der Waals surface area contributed by atoms with Gasteiger partial charge in [0.05, 0.1) is 32.8 Å². The number of hydrogen-bond donors (Lipinski definition) is 2. The van der Waals surface area contributed by atoms with Crippen LogP contribution in [-0.2, 0) is 0 Å². The molecule has 0 bridgehead atoms. The van der Waals surface area contributed by atoms with E-state index in [1.807, 2.05) is 24.3 Å². The van der Waals surface area contributed by atoms with Crippen molar-refractivity contribution in [2.75, 3.05) is 14.2 Å². The molecule has 0 spiro atoms. The SMILES string of the molecule is COc1ccc(OC)c(C(NN)c2ccoc2)c1. The highest BCUT2D eigenvalue weighted by Gasteiger charge is 2.18. The summed E-state index contributed by atoms with van der Waals surface area (Å²) in [4.78, 5) is 0. The number of rotatable bonds is 5. The zero-order valence-electron chi connectivity index (χ0n) is 10.3. The Bertz CT molecular complexity index is 497. The third kappa shape index (κ3) is 2.32. The van der Waals surface area contributed by atoms with Crippen molar-refractivity contribution >= 4 is 0 Å². The minimum absolute atomic E-state index is 0.214. The van der Waals surface area contributed by atoms with Crippen molar-refractivity contribution in [3.63, 3.8) is 0 Å². The predicted molar refractivity (Wildman–Crippen MR) is 67.4 cm³/mol. The highest BCUT2D eigenvalue weighted by Crippen LogP contribution is 2.32. The molecule has 0 amide bonds. The first kappa shape index (κ1) is 12.5. The molecule has 2 aromatic rings. The third-order valence-corrected chi connectivity index (χ3v) is 2.79. The second-order valence-electron chi connectivity index (χ2n) is 3.76. The number of hydrogen-bond acceptors (Lipinski definition) is 5. The minimum atomic E-state index is -0.214. The normalized spacial score (nSPS) is 12.2. The second kappa shape index (κ2) is 5.57. The van der Waals surface area contributed by atoms with Crippen molar-refractivity contribution in [1.29, 1.82) is 0 Å². The summed E-state index contributed by atoms with van der Waals surface area (Å²) in [6.07, 6.45) is 3.25. The molecule has 1 aromatic carbocycles. The second-order valence-corrected chi connectivity index (χ2v) is 3.76. The van der Waals surface area contributed by atoms with E-state index in [-0.39, 0.29) is 6.04 Å². The fourth-order valence-corrected chi connectivity index (χ4v) is 1.87. The first-order chi connectivity index (χ1) is 8.80. The van der Waals surface area contributed by atoms with E-state index < -0.39 is 0 Å². The molecule has 1 heterocycles. The molecule has 1 aromatic heterocycles. The first-order valence-corrected chi connectivity index (χ1v) is 5.50. The van der Waals surface area contributed by atoms with Gasteiger partial charge in [-0.15, -0.1) is 0 Å². The summed E-state index contributed by atoms with van der Waals surface area (Å²) >= 11 is 0. The number of nitrogens with two attached hydrogens (primary N) is 1. The van der Waals surface area contributed by atoms with Crippen LogP contribution in [0.1, 0.15) is 17.2 Å². The first-order valence-electron chi connectivity index (χ1n) is 5.50. The summed E-state index contributed by atoms with van der Waals surface area (Å²) in [7, 11) is 3.24. The van der Waals surface area contributed by atoms with Crippen LogP contribution in [-0.4, -0.2) is 14.2 Å². The number of benzene rings is 1. The molecule has 0 saturated carbocycles. The van der Waals surface area contributed by atoms with Gasteiger partial charge in [-0.05, 0) is 24.3 Å². The van der Waals surface area contributed by atoms with Crippen molar-refractivity contribution < 1.29 is 13.9 Å². The Morgan fingerprint density at radius 3 is 2.61 bits per heavy atom. The van der Waals surface area contributed by atoms with Crippen LogP contribution in [0.15, 0.2) is 41.2 Å². The number of furan rings is 1. The van der Waals surface area contributed by atoms with Crippen molar-refractivity contribution in [1.82, 2.24) is 5.43 Å². The number of methoxy groups -OCH3 is 2. The van der Waals surface area contributed by atoms with Crippen LogP contribution < -0.4 is 20.7 Å². The topological polar surface area (TPSA) is 69.7 Å². The van der Waals surface area contributed by atoms with Crippen LogP contribution >= 0.6 is 0 Å². The van der Waals surface area contributed by atoms with Crippen molar-refractivity contribution in [3.05, 3.63) is 47.9 Å². The lowest BCUT2D eigenvalue weighted by atomic mass is 10.0. The molecule has 3 N–H and O–H groups in total. The summed E-state index contributed by atoms with van der Waals surface area (Å²) in [5, 5.41) is 0. The van der Waals surface area contributed by atoms with Gasteiger partial charge in [0.2, 0.25) is 0 Å². The Morgan fingerprint density at radius 1 is 1.22 bits per heavy atom. The van der Waals surface area contributed by atoms with Crippen molar-refractivity contribution in [2.24, 2.45) is 5.84 Å². The smallest absolute Gasteiger partial charge is 0.124 e. The molecule has 5 heteroatoms. The fourth-order valence-electron chi connectivity index (χ4n) is 1.87. The molecule has 0 saturated heterocycles. The number of nitrogens with one attached hydrogen (secondary N) is 1. The maximum Gasteiger partial charge on any atom is 0.124 e. The molecular weight excluding hydrogens is 232 g/mol. The standard InChI is InChI=1S/C13H16N2O3/c1-16-10-3-4-12(17-2)11(7-10)13(15-14)9-5-6-18-8-9/h3-8,13,15H,14H2,1-2H3. The van der Waals surface area contributed by atoms with Gasteiger partial charge in [-0.1, -0.05) is 0 Å². The van der Waals surface area contributed by atoms with Crippen LogP contribution in [0.25, 0.3) is 0 Å². The van der Waals surface area contributed by atoms with E-state index in [0.29, 0.717) is 0 Å². The van der Waals surface area contributed by atoms with E-state index in [1.54, 1.807) is 26.7 Å². The molecule has 0 aliphatic heterocycles. The van der Waals surface area contributed by atoms with Gasteiger partial charge in [-0.3, -0.25) is 5.84 Å². The average Bonchev–Trinajstić information content (AvgIpc) is 2.93. The van der Waals surface area contributed by atoms with Gasteiger partial charge in [0, 0.05) is 11.1 Å². The lowest BCUT2D eigenvalue weighted by molar-refractivity contribution is 0.394.